The van der Waals surface area contributed by atoms with Crippen molar-refractivity contribution in [2.75, 3.05) is 0 Å². The standard InChI is InChI=1S/2BH3O3.Na.Pb.3H/c2*2-1(3)4;;;;;/h2*2-4H;;;;;/q;;+1;;;;-1. The van der Waals surface area contributed by atoms with Crippen molar-refractivity contribution in [3.05, 3.63) is 0 Å². The van der Waals surface area contributed by atoms with Gasteiger partial charge in [0.15, 0.2) is 0 Å². The molecule has 0 aliphatic heterocycles. The van der Waals surface area contributed by atoms with Gasteiger partial charge in [-0.3, -0.25) is 0 Å². The van der Waals surface area contributed by atoms with Crippen LogP contribution in [0.1, 0.15) is 1.43 Å². The van der Waals surface area contributed by atoms with Crippen LogP contribution in [0.15, 0.2) is 0 Å². The number of hydrogen-bond donors (Lipinski definition) is 6. The Morgan fingerprint density at radius 3 is 0.700 bits per heavy atom. The molecule has 56 valence electrons. The Balaban J connectivity index is -0.0000000171. The first-order chi connectivity index (χ1) is 3.46. The van der Waals surface area contributed by atoms with E-state index in [4.69, 9.17) is 30.1 Å². The average molecular weight is 357 g/mol. The normalized spacial score (nSPS) is 5.40. The van der Waals surface area contributed by atoms with Crippen LogP contribution in [0.25, 0.3) is 0 Å². The molecule has 0 aliphatic carbocycles. The molecule has 6 N–H and O–H groups in total. The average Bonchev–Trinajstić information content (AvgIpc) is 1.25. The van der Waals surface area contributed by atoms with Crippen LogP contribution in [0.2, 0.25) is 0 Å². The minimum absolute atomic E-state index is 0. The van der Waals surface area contributed by atoms with Crippen LogP contribution in [0.4, 0.5) is 0 Å². The Hall–Kier alpha value is 1.81. The van der Waals surface area contributed by atoms with Gasteiger partial charge in [-0.1, -0.05) is 0 Å². The number of rotatable bonds is 0. The van der Waals surface area contributed by atoms with Gasteiger partial charge >= 0.3 is 71.5 Å². The van der Waals surface area contributed by atoms with Crippen molar-refractivity contribution < 1.29 is 61.1 Å². The quantitative estimate of drug-likeness (QED) is 0.240. The molecule has 0 heterocycles. The van der Waals surface area contributed by atoms with E-state index in [9.17, 15) is 0 Å². The van der Waals surface area contributed by atoms with E-state index >= 15 is 0 Å². The predicted octanol–water partition coefficient (Wildman–Crippen LogP) is -7.90. The van der Waals surface area contributed by atoms with Crippen molar-refractivity contribution in [1.29, 1.82) is 0 Å². The predicted molar refractivity (Wildman–Crippen MR) is 34.5 cm³/mol. The summed E-state index contributed by atoms with van der Waals surface area (Å²) in [4.78, 5) is 0. The van der Waals surface area contributed by atoms with E-state index in [2.05, 4.69) is 0 Å². The molecule has 0 saturated heterocycles. The Bertz CT molecular complexity index is 36.1. The molecule has 0 aromatic heterocycles. The third-order valence-corrected chi connectivity index (χ3v) is 0. The summed E-state index contributed by atoms with van der Waals surface area (Å²) in [6.07, 6.45) is 0. The van der Waals surface area contributed by atoms with Gasteiger partial charge in [0.1, 0.15) is 0 Å². The molecule has 0 unspecified atom stereocenters. The summed E-state index contributed by atoms with van der Waals surface area (Å²) in [7, 11) is -4.33. The van der Waals surface area contributed by atoms with Gasteiger partial charge in [0.25, 0.3) is 0 Å². The zero-order chi connectivity index (χ0) is 7.15. The molecule has 2 radical (unpaired) electrons. The molecule has 0 saturated carbocycles. The van der Waals surface area contributed by atoms with Crippen molar-refractivity contribution in [2.45, 2.75) is 0 Å². The Morgan fingerprint density at radius 2 is 0.700 bits per heavy atom. The van der Waals surface area contributed by atoms with E-state index in [1.54, 1.807) is 0 Å². The molecule has 0 aliphatic rings. The van der Waals surface area contributed by atoms with E-state index in [0.29, 0.717) is 0 Å². The van der Waals surface area contributed by atoms with E-state index in [1.807, 2.05) is 0 Å². The van der Waals surface area contributed by atoms with Gasteiger partial charge in [-0.25, -0.2) is 0 Å². The summed E-state index contributed by atoms with van der Waals surface area (Å²) in [5.74, 6) is 0. The van der Waals surface area contributed by atoms with Gasteiger partial charge in [-0.2, -0.15) is 0 Å². The topological polar surface area (TPSA) is 121 Å². The van der Waals surface area contributed by atoms with Gasteiger partial charge in [-0.15, -0.1) is 0 Å². The molecular formula is H9B2NaO6Pb. The van der Waals surface area contributed by atoms with Gasteiger partial charge in [0.2, 0.25) is 0 Å². The van der Waals surface area contributed by atoms with Crippen molar-refractivity contribution in [3.63, 3.8) is 0 Å². The van der Waals surface area contributed by atoms with Crippen LogP contribution in [0.5, 0.6) is 0 Å². The molecule has 6 nitrogen and oxygen atoms in total. The molecule has 0 rings (SSSR count). The van der Waals surface area contributed by atoms with Gasteiger partial charge < -0.3 is 31.6 Å². The number of hydrogen-bond acceptors (Lipinski definition) is 6. The van der Waals surface area contributed by atoms with Crippen molar-refractivity contribution in [2.24, 2.45) is 0 Å². The van der Waals surface area contributed by atoms with Crippen LogP contribution in [0, 0.1) is 0 Å². The van der Waals surface area contributed by atoms with Crippen molar-refractivity contribution in [1.82, 2.24) is 0 Å². The molecule has 0 bridgehead atoms. The van der Waals surface area contributed by atoms with Crippen molar-refractivity contribution in [3.8, 4) is 0 Å². The van der Waals surface area contributed by atoms with Crippen LogP contribution in [-0.2, 0) is 0 Å². The fourth-order valence-corrected chi connectivity index (χ4v) is 0. The summed E-state index contributed by atoms with van der Waals surface area (Å²) in [6, 6.07) is 0. The summed E-state index contributed by atoms with van der Waals surface area (Å²) in [5, 5.41) is 43.0. The van der Waals surface area contributed by atoms with Gasteiger partial charge in [-0.05, 0) is 0 Å². The summed E-state index contributed by atoms with van der Waals surface area (Å²) in [6.45, 7) is 0. The van der Waals surface area contributed by atoms with Crippen LogP contribution in [0.3, 0.4) is 0 Å². The van der Waals surface area contributed by atoms with Crippen LogP contribution >= 0.6 is 0 Å². The molecule has 10 heteroatoms. The molecule has 0 atom stereocenters. The SMILES string of the molecule is OB(O)O.OB(O)O.[H-].[Na+].[PbH2]. The van der Waals surface area contributed by atoms with Gasteiger partial charge in [0.05, 0.1) is 0 Å². The summed E-state index contributed by atoms with van der Waals surface area (Å²) >= 11 is 0. The second kappa shape index (κ2) is 17.1. The monoisotopic (exact) mass is 358 g/mol. The zero-order valence-electron chi connectivity index (χ0n) is 6.55. The maximum absolute atomic E-state index is 7.17. The fraction of sp³-hybridized carbons (Fsp3) is 0. The van der Waals surface area contributed by atoms with Gasteiger partial charge in [0, 0.05) is 0 Å². The first-order valence-corrected chi connectivity index (χ1v) is 1.55. The first kappa shape index (κ1) is 22.6. The molecule has 0 aromatic rings. The van der Waals surface area contributed by atoms with Crippen LogP contribution in [-0.4, -0.2) is 72.1 Å². The third-order valence-electron chi connectivity index (χ3n) is 0. The molecule has 0 aromatic carbocycles. The Kier molecular flexibility index (Phi) is 38.6. The molecule has 0 spiro atoms. The van der Waals surface area contributed by atoms with Crippen LogP contribution < -0.4 is 29.6 Å². The summed E-state index contributed by atoms with van der Waals surface area (Å²) in [5.41, 5.74) is 0. The van der Waals surface area contributed by atoms with E-state index in [0.717, 1.165) is 0 Å². The first-order valence-electron chi connectivity index (χ1n) is 1.55. The van der Waals surface area contributed by atoms with E-state index in [1.165, 1.54) is 0 Å². The van der Waals surface area contributed by atoms with E-state index in [-0.39, 0.29) is 58.3 Å². The molecule has 10 heavy (non-hydrogen) atoms. The Labute approximate surface area is 102 Å². The maximum atomic E-state index is 7.17. The minimum atomic E-state index is -2.17. The second-order valence-corrected chi connectivity index (χ2v) is 0.693. The van der Waals surface area contributed by atoms with Crippen molar-refractivity contribution >= 4 is 41.9 Å². The van der Waals surface area contributed by atoms with E-state index < -0.39 is 14.6 Å². The zero-order valence-corrected chi connectivity index (χ0v) is 13.0. The second-order valence-electron chi connectivity index (χ2n) is 0.693. The molecular weight excluding hydrogens is 348 g/mol. The molecule has 0 amide bonds. The summed E-state index contributed by atoms with van der Waals surface area (Å²) < 4.78 is 0. The fourth-order valence-electron chi connectivity index (χ4n) is 0. The third kappa shape index (κ3) is 232. The molecule has 0 fully saturated rings. The Morgan fingerprint density at radius 1 is 0.700 bits per heavy atom.